The Bertz CT molecular complexity index is 1200. The summed E-state index contributed by atoms with van der Waals surface area (Å²) < 4.78 is 11.8. The third-order valence-electron chi connectivity index (χ3n) is 5.34. The molecule has 7 nitrogen and oxygen atoms in total. The molecule has 2 heterocycles. The van der Waals surface area contributed by atoms with E-state index in [2.05, 4.69) is 15.3 Å². The Balaban J connectivity index is 1.70. The first kappa shape index (κ1) is 22.3. The SMILES string of the molecule is CCOc1ccc(-c2c(-c3ccccc3)oc3ncnc(NCCCCCC(=O)O)c23)cc1. The number of nitrogens with zero attached hydrogens (tertiary/aromatic N) is 2. The number of anilines is 1. The summed E-state index contributed by atoms with van der Waals surface area (Å²) >= 11 is 0. The van der Waals surface area contributed by atoms with Gasteiger partial charge in [-0.05, 0) is 37.5 Å². The van der Waals surface area contributed by atoms with Crippen molar-refractivity contribution >= 4 is 22.9 Å². The molecule has 0 saturated carbocycles. The lowest BCUT2D eigenvalue weighted by molar-refractivity contribution is -0.137. The maximum absolute atomic E-state index is 10.7. The van der Waals surface area contributed by atoms with Gasteiger partial charge in [0.2, 0.25) is 5.71 Å². The van der Waals surface area contributed by atoms with Gasteiger partial charge in [0.15, 0.2) is 0 Å². The van der Waals surface area contributed by atoms with Crippen LogP contribution in [0.15, 0.2) is 65.3 Å². The van der Waals surface area contributed by atoms with Crippen molar-refractivity contribution in [2.75, 3.05) is 18.5 Å². The molecule has 2 aromatic carbocycles. The predicted octanol–water partition coefficient (Wildman–Crippen LogP) is 6.01. The van der Waals surface area contributed by atoms with Crippen LogP contribution in [0.2, 0.25) is 0 Å². The second-order valence-electron chi connectivity index (χ2n) is 7.66. The molecule has 0 fully saturated rings. The van der Waals surface area contributed by atoms with Gasteiger partial charge >= 0.3 is 5.97 Å². The fraction of sp³-hybridized carbons (Fsp3) is 0.269. The number of nitrogens with one attached hydrogen (secondary N) is 1. The van der Waals surface area contributed by atoms with Crippen LogP contribution in [-0.4, -0.2) is 34.2 Å². The monoisotopic (exact) mass is 445 g/mol. The van der Waals surface area contributed by atoms with Crippen molar-refractivity contribution in [3.8, 4) is 28.2 Å². The van der Waals surface area contributed by atoms with Crippen LogP contribution in [-0.2, 0) is 4.79 Å². The van der Waals surface area contributed by atoms with E-state index in [1.807, 2.05) is 61.5 Å². The van der Waals surface area contributed by atoms with E-state index in [-0.39, 0.29) is 6.42 Å². The Morgan fingerprint density at radius 3 is 2.52 bits per heavy atom. The van der Waals surface area contributed by atoms with E-state index >= 15 is 0 Å². The number of carbonyl (C=O) groups is 1. The fourth-order valence-corrected chi connectivity index (χ4v) is 3.80. The van der Waals surface area contributed by atoms with Crippen LogP contribution < -0.4 is 10.1 Å². The van der Waals surface area contributed by atoms with Crippen LogP contribution in [0.25, 0.3) is 33.6 Å². The number of benzene rings is 2. The minimum Gasteiger partial charge on any atom is -0.494 e. The van der Waals surface area contributed by atoms with E-state index in [1.54, 1.807) is 0 Å². The summed E-state index contributed by atoms with van der Waals surface area (Å²) in [6.45, 7) is 3.25. The second-order valence-corrected chi connectivity index (χ2v) is 7.66. The molecule has 0 saturated heterocycles. The summed E-state index contributed by atoms with van der Waals surface area (Å²) in [6.07, 6.45) is 4.04. The molecular formula is C26H27N3O4. The Kier molecular flexibility index (Phi) is 7.19. The Hall–Kier alpha value is -3.87. The van der Waals surface area contributed by atoms with E-state index in [1.165, 1.54) is 6.33 Å². The molecule has 0 unspecified atom stereocenters. The van der Waals surface area contributed by atoms with Gasteiger partial charge in [-0.15, -0.1) is 0 Å². The van der Waals surface area contributed by atoms with Gasteiger partial charge in [-0.2, -0.15) is 0 Å². The highest BCUT2D eigenvalue weighted by Gasteiger charge is 2.22. The molecule has 0 bridgehead atoms. The zero-order valence-corrected chi connectivity index (χ0v) is 18.6. The normalized spacial score (nSPS) is 10.9. The van der Waals surface area contributed by atoms with Crippen LogP contribution in [0.4, 0.5) is 5.82 Å². The molecule has 4 rings (SSSR count). The number of aliphatic carboxylic acids is 1. The third-order valence-corrected chi connectivity index (χ3v) is 5.34. The first-order chi connectivity index (χ1) is 16.2. The van der Waals surface area contributed by atoms with Crippen molar-refractivity contribution < 1.29 is 19.1 Å². The highest BCUT2D eigenvalue weighted by atomic mass is 16.5. The molecule has 0 aliphatic carbocycles. The summed E-state index contributed by atoms with van der Waals surface area (Å²) in [5.41, 5.74) is 3.38. The van der Waals surface area contributed by atoms with E-state index < -0.39 is 5.97 Å². The summed E-state index contributed by atoms with van der Waals surface area (Å²) in [4.78, 5) is 19.6. The molecule has 4 aromatic rings. The average Bonchev–Trinajstić information content (AvgIpc) is 3.23. The fourth-order valence-electron chi connectivity index (χ4n) is 3.80. The van der Waals surface area contributed by atoms with Crippen molar-refractivity contribution in [3.05, 3.63) is 60.9 Å². The standard InChI is InChI=1S/C26H27N3O4/c1-2-32-20-14-12-18(13-15-20)22-23-25(27-16-8-4-7-11-21(30)31)28-17-29-26(23)33-24(22)19-9-5-3-6-10-19/h3,5-6,9-10,12-15,17H,2,4,7-8,11,16H2,1H3,(H,30,31)(H,27,28,29). The number of fused-ring (bicyclic) bond motifs is 1. The van der Waals surface area contributed by atoms with Crippen molar-refractivity contribution in [2.24, 2.45) is 0 Å². The molecule has 0 amide bonds. The maximum Gasteiger partial charge on any atom is 0.303 e. The molecule has 0 radical (unpaired) electrons. The lowest BCUT2D eigenvalue weighted by atomic mass is 9.99. The van der Waals surface area contributed by atoms with Crippen LogP contribution in [0, 0.1) is 0 Å². The molecule has 0 spiro atoms. The molecule has 7 heteroatoms. The highest BCUT2D eigenvalue weighted by molar-refractivity contribution is 6.05. The van der Waals surface area contributed by atoms with Gasteiger partial charge in [0, 0.05) is 24.1 Å². The van der Waals surface area contributed by atoms with E-state index in [0.29, 0.717) is 31.1 Å². The van der Waals surface area contributed by atoms with Gasteiger partial charge in [0.25, 0.3) is 0 Å². The number of ether oxygens (including phenoxy) is 1. The summed E-state index contributed by atoms with van der Waals surface area (Å²) in [7, 11) is 0. The van der Waals surface area contributed by atoms with Gasteiger partial charge in [0.05, 0.1) is 12.0 Å². The van der Waals surface area contributed by atoms with E-state index in [9.17, 15) is 4.79 Å². The third kappa shape index (κ3) is 5.31. The summed E-state index contributed by atoms with van der Waals surface area (Å²) in [5.74, 6) is 1.49. The number of hydrogen-bond donors (Lipinski definition) is 2. The van der Waals surface area contributed by atoms with Gasteiger partial charge < -0.3 is 19.6 Å². The smallest absolute Gasteiger partial charge is 0.303 e. The van der Waals surface area contributed by atoms with Crippen LogP contribution in [0.5, 0.6) is 5.75 Å². The Morgan fingerprint density at radius 1 is 1.00 bits per heavy atom. The number of unbranched alkanes of at least 4 members (excludes halogenated alkanes) is 2. The predicted molar refractivity (Wildman–Crippen MR) is 128 cm³/mol. The topological polar surface area (TPSA) is 97.5 Å². The first-order valence-corrected chi connectivity index (χ1v) is 11.2. The number of carboxylic acid groups (broad SMARTS) is 1. The minimum atomic E-state index is -0.757. The lowest BCUT2D eigenvalue weighted by Crippen LogP contribution is -2.04. The molecule has 33 heavy (non-hydrogen) atoms. The summed E-state index contributed by atoms with van der Waals surface area (Å²) in [5, 5.41) is 13.0. The van der Waals surface area contributed by atoms with Gasteiger partial charge in [-0.1, -0.05) is 48.9 Å². The second kappa shape index (κ2) is 10.6. The number of aromatic nitrogens is 2. The summed E-state index contributed by atoms with van der Waals surface area (Å²) in [6, 6.07) is 17.9. The van der Waals surface area contributed by atoms with Gasteiger partial charge in [-0.25, -0.2) is 9.97 Å². The number of carboxylic acids is 1. The average molecular weight is 446 g/mol. The van der Waals surface area contributed by atoms with Crippen molar-refractivity contribution in [1.82, 2.24) is 9.97 Å². The zero-order valence-electron chi connectivity index (χ0n) is 18.6. The molecule has 170 valence electrons. The van der Waals surface area contributed by atoms with Gasteiger partial charge in [0.1, 0.15) is 23.7 Å². The van der Waals surface area contributed by atoms with E-state index in [0.717, 1.165) is 46.4 Å². The van der Waals surface area contributed by atoms with Crippen LogP contribution in [0.1, 0.15) is 32.6 Å². The Labute approximate surface area is 192 Å². The van der Waals surface area contributed by atoms with Crippen molar-refractivity contribution in [3.63, 3.8) is 0 Å². The maximum atomic E-state index is 10.7. The highest BCUT2D eigenvalue weighted by Crippen LogP contribution is 2.42. The molecule has 2 aromatic heterocycles. The molecule has 0 aliphatic heterocycles. The van der Waals surface area contributed by atoms with Crippen LogP contribution in [0.3, 0.4) is 0 Å². The Morgan fingerprint density at radius 2 is 1.79 bits per heavy atom. The molecular weight excluding hydrogens is 418 g/mol. The number of furan rings is 1. The lowest BCUT2D eigenvalue weighted by Gasteiger charge is -2.09. The van der Waals surface area contributed by atoms with Gasteiger partial charge in [-0.3, -0.25) is 4.79 Å². The van der Waals surface area contributed by atoms with Crippen LogP contribution >= 0.6 is 0 Å². The number of rotatable bonds is 11. The quantitative estimate of drug-likeness (QED) is 0.273. The molecule has 0 atom stereocenters. The van der Waals surface area contributed by atoms with E-state index in [4.69, 9.17) is 14.3 Å². The van der Waals surface area contributed by atoms with Crippen molar-refractivity contribution in [2.45, 2.75) is 32.6 Å². The number of hydrogen-bond acceptors (Lipinski definition) is 6. The molecule has 2 N–H and O–H groups in total. The van der Waals surface area contributed by atoms with Crippen molar-refractivity contribution in [1.29, 1.82) is 0 Å². The zero-order chi connectivity index (χ0) is 23.0. The first-order valence-electron chi connectivity index (χ1n) is 11.2. The molecule has 0 aliphatic rings. The minimum absolute atomic E-state index is 0.196. The largest absolute Gasteiger partial charge is 0.494 e.